The van der Waals surface area contributed by atoms with Gasteiger partial charge in [0.05, 0.1) is 0 Å². The summed E-state index contributed by atoms with van der Waals surface area (Å²) in [7, 11) is 0. The minimum Gasteiger partial charge on any atom is -0.481 e. The normalized spacial score (nSPS) is 13.8. The van der Waals surface area contributed by atoms with E-state index >= 15 is 0 Å². The molecule has 2 aromatic rings. The maximum Gasteiger partial charge on any atom is 0.166 e. The molecule has 5 heteroatoms. The number of nitrogens with two attached hydrogens (primary N) is 1. The zero-order valence-corrected chi connectivity index (χ0v) is 12.4. The van der Waals surface area contributed by atoms with Crippen LogP contribution in [-0.4, -0.2) is 6.04 Å². The highest BCUT2D eigenvalue weighted by atomic mass is 79.9. The van der Waals surface area contributed by atoms with Crippen LogP contribution in [0.25, 0.3) is 0 Å². The molecule has 106 valence electrons. The van der Waals surface area contributed by atoms with Gasteiger partial charge in [0.25, 0.3) is 0 Å². The predicted molar refractivity (Wildman–Crippen MR) is 77.5 cm³/mol. The Labute approximate surface area is 124 Å². The summed E-state index contributed by atoms with van der Waals surface area (Å²) in [6.07, 6.45) is -0.550. The smallest absolute Gasteiger partial charge is 0.166 e. The van der Waals surface area contributed by atoms with Gasteiger partial charge in [-0.2, -0.15) is 0 Å². The molecule has 0 bridgehead atoms. The van der Waals surface area contributed by atoms with Gasteiger partial charge in [0, 0.05) is 10.5 Å². The van der Waals surface area contributed by atoms with E-state index in [1.54, 1.807) is 25.1 Å². The maximum atomic E-state index is 13.8. The summed E-state index contributed by atoms with van der Waals surface area (Å²) in [5.74, 6) is -0.709. The summed E-state index contributed by atoms with van der Waals surface area (Å²) in [4.78, 5) is 0. The van der Waals surface area contributed by atoms with Gasteiger partial charge >= 0.3 is 0 Å². The molecule has 2 aromatic carbocycles. The molecule has 2 unspecified atom stereocenters. The second kappa shape index (κ2) is 6.33. The highest BCUT2D eigenvalue weighted by molar-refractivity contribution is 9.10. The quantitative estimate of drug-likeness (QED) is 0.904. The molecule has 0 aliphatic rings. The SMILES string of the molecule is CC(N)C(Oc1ccc(Br)cc1F)c1ccc(F)cc1. The number of ether oxygens (including phenoxy) is 1. The van der Waals surface area contributed by atoms with Crippen LogP contribution in [0.2, 0.25) is 0 Å². The van der Waals surface area contributed by atoms with Crippen LogP contribution < -0.4 is 10.5 Å². The Morgan fingerprint density at radius 3 is 2.30 bits per heavy atom. The first-order chi connectivity index (χ1) is 9.47. The summed E-state index contributed by atoms with van der Waals surface area (Å²) >= 11 is 3.18. The molecule has 0 fully saturated rings. The molecular weight excluding hydrogens is 328 g/mol. The fourth-order valence-electron chi connectivity index (χ4n) is 1.84. The van der Waals surface area contributed by atoms with Gasteiger partial charge in [-0.05, 0) is 42.8 Å². The van der Waals surface area contributed by atoms with E-state index in [2.05, 4.69) is 15.9 Å². The standard InChI is InChI=1S/C15H14BrF2NO/c1-9(19)15(10-2-5-12(17)6-3-10)20-14-7-4-11(16)8-13(14)18/h2-9,15H,19H2,1H3. The summed E-state index contributed by atoms with van der Waals surface area (Å²) in [6, 6.07) is 9.97. The number of benzene rings is 2. The average Bonchev–Trinajstić information content (AvgIpc) is 2.39. The first kappa shape index (κ1) is 14.9. The lowest BCUT2D eigenvalue weighted by Gasteiger charge is -2.23. The highest BCUT2D eigenvalue weighted by Gasteiger charge is 2.20. The number of rotatable bonds is 4. The van der Waals surface area contributed by atoms with Crippen molar-refractivity contribution >= 4 is 15.9 Å². The zero-order chi connectivity index (χ0) is 14.7. The van der Waals surface area contributed by atoms with Crippen LogP contribution in [0.4, 0.5) is 8.78 Å². The third kappa shape index (κ3) is 3.55. The van der Waals surface area contributed by atoms with Crippen LogP contribution in [-0.2, 0) is 0 Å². The zero-order valence-electron chi connectivity index (χ0n) is 10.8. The molecule has 0 aliphatic carbocycles. The number of hydrogen-bond acceptors (Lipinski definition) is 2. The molecule has 20 heavy (non-hydrogen) atoms. The van der Waals surface area contributed by atoms with Crippen molar-refractivity contribution in [3.05, 3.63) is 64.1 Å². The van der Waals surface area contributed by atoms with Gasteiger partial charge in [-0.1, -0.05) is 28.1 Å². The van der Waals surface area contributed by atoms with Crippen molar-refractivity contribution in [2.75, 3.05) is 0 Å². The minimum atomic E-state index is -0.550. The van der Waals surface area contributed by atoms with E-state index in [0.29, 0.717) is 10.0 Å². The van der Waals surface area contributed by atoms with Crippen molar-refractivity contribution in [1.29, 1.82) is 0 Å². The first-order valence-corrected chi connectivity index (χ1v) is 6.89. The Morgan fingerprint density at radius 2 is 1.75 bits per heavy atom. The Hall–Kier alpha value is -1.46. The van der Waals surface area contributed by atoms with Crippen LogP contribution >= 0.6 is 15.9 Å². The van der Waals surface area contributed by atoms with Crippen LogP contribution in [0.3, 0.4) is 0 Å². The second-order valence-corrected chi connectivity index (χ2v) is 5.44. The molecule has 0 heterocycles. The topological polar surface area (TPSA) is 35.2 Å². The van der Waals surface area contributed by atoms with Gasteiger partial charge < -0.3 is 10.5 Å². The molecule has 0 radical (unpaired) electrons. The highest BCUT2D eigenvalue weighted by Crippen LogP contribution is 2.28. The van der Waals surface area contributed by atoms with Crippen LogP contribution in [0, 0.1) is 11.6 Å². The third-order valence-electron chi connectivity index (χ3n) is 2.82. The van der Waals surface area contributed by atoms with E-state index in [4.69, 9.17) is 10.5 Å². The van der Waals surface area contributed by atoms with Crippen LogP contribution in [0.1, 0.15) is 18.6 Å². The van der Waals surface area contributed by atoms with E-state index in [-0.39, 0.29) is 17.6 Å². The summed E-state index contributed by atoms with van der Waals surface area (Å²) in [6.45, 7) is 1.75. The molecule has 0 saturated carbocycles. The van der Waals surface area contributed by atoms with Crippen molar-refractivity contribution < 1.29 is 13.5 Å². The Bertz CT molecular complexity index is 587. The largest absolute Gasteiger partial charge is 0.481 e. The minimum absolute atomic E-state index is 0.111. The maximum absolute atomic E-state index is 13.8. The molecular formula is C15H14BrF2NO. The lowest BCUT2D eigenvalue weighted by molar-refractivity contribution is 0.172. The molecule has 0 spiro atoms. The van der Waals surface area contributed by atoms with Crippen molar-refractivity contribution in [1.82, 2.24) is 0 Å². The van der Waals surface area contributed by atoms with E-state index < -0.39 is 11.9 Å². The Morgan fingerprint density at radius 1 is 1.10 bits per heavy atom. The van der Waals surface area contributed by atoms with Crippen molar-refractivity contribution in [3.8, 4) is 5.75 Å². The van der Waals surface area contributed by atoms with E-state index in [1.165, 1.54) is 24.3 Å². The number of halogens is 3. The van der Waals surface area contributed by atoms with Gasteiger partial charge in [-0.25, -0.2) is 8.78 Å². The van der Waals surface area contributed by atoms with Crippen molar-refractivity contribution in [2.45, 2.75) is 19.1 Å². The number of hydrogen-bond donors (Lipinski definition) is 1. The lowest BCUT2D eigenvalue weighted by Crippen LogP contribution is -2.29. The molecule has 0 saturated heterocycles. The molecule has 2 atom stereocenters. The van der Waals surface area contributed by atoms with Crippen LogP contribution in [0.15, 0.2) is 46.9 Å². The van der Waals surface area contributed by atoms with Crippen molar-refractivity contribution in [3.63, 3.8) is 0 Å². The van der Waals surface area contributed by atoms with Gasteiger partial charge in [-0.15, -0.1) is 0 Å². The Balaban J connectivity index is 2.28. The van der Waals surface area contributed by atoms with Gasteiger partial charge in [0.15, 0.2) is 11.6 Å². The van der Waals surface area contributed by atoms with E-state index in [0.717, 1.165) is 0 Å². The first-order valence-electron chi connectivity index (χ1n) is 6.10. The average molecular weight is 342 g/mol. The van der Waals surface area contributed by atoms with Gasteiger partial charge in [0.2, 0.25) is 0 Å². The Kier molecular flexibility index (Phi) is 4.73. The molecule has 2 rings (SSSR count). The molecule has 0 aliphatic heterocycles. The van der Waals surface area contributed by atoms with E-state index in [9.17, 15) is 8.78 Å². The third-order valence-corrected chi connectivity index (χ3v) is 3.32. The summed E-state index contributed by atoms with van der Waals surface area (Å²) < 4.78 is 33.0. The van der Waals surface area contributed by atoms with Crippen molar-refractivity contribution in [2.24, 2.45) is 5.73 Å². The van der Waals surface area contributed by atoms with Gasteiger partial charge in [0.1, 0.15) is 11.9 Å². The summed E-state index contributed by atoms with van der Waals surface area (Å²) in [5, 5.41) is 0. The van der Waals surface area contributed by atoms with E-state index in [1.807, 2.05) is 0 Å². The monoisotopic (exact) mass is 341 g/mol. The fraction of sp³-hybridized carbons (Fsp3) is 0.200. The molecule has 2 nitrogen and oxygen atoms in total. The lowest BCUT2D eigenvalue weighted by atomic mass is 10.0. The molecule has 2 N–H and O–H groups in total. The van der Waals surface area contributed by atoms with Gasteiger partial charge in [-0.3, -0.25) is 0 Å². The molecule has 0 aromatic heterocycles. The molecule has 0 amide bonds. The summed E-state index contributed by atoms with van der Waals surface area (Å²) in [5.41, 5.74) is 6.58. The predicted octanol–water partition coefficient (Wildman–Crippen LogP) is 4.19. The fourth-order valence-corrected chi connectivity index (χ4v) is 2.17. The second-order valence-electron chi connectivity index (χ2n) is 4.52. The van der Waals surface area contributed by atoms with Crippen LogP contribution in [0.5, 0.6) is 5.75 Å².